The highest BCUT2D eigenvalue weighted by molar-refractivity contribution is 6.19. The topological polar surface area (TPSA) is 82.2 Å². The maximum absolute atomic E-state index is 13.2. The van der Waals surface area contributed by atoms with E-state index < -0.39 is 29.8 Å². The second kappa shape index (κ2) is 6.56. The molecule has 3 heterocycles. The van der Waals surface area contributed by atoms with Crippen LogP contribution in [0, 0.1) is 5.82 Å². The number of anilines is 1. The summed E-state index contributed by atoms with van der Waals surface area (Å²) in [5.74, 6) is -0.925. The second-order valence-corrected chi connectivity index (χ2v) is 6.51. The average molecular weight is 362 g/mol. The number of carbonyl (C=O) groups is 3. The molecule has 0 aliphatic carbocycles. The van der Waals surface area contributed by atoms with Gasteiger partial charge in [-0.05, 0) is 30.7 Å². The number of carbonyl (C=O) groups excluding carboxylic acids is 3. The maximum atomic E-state index is 13.2. The molecule has 26 heavy (non-hydrogen) atoms. The van der Waals surface area contributed by atoms with Gasteiger partial charge in [-0.3, -0.25) is 4.79 Å². The summed E-state index contributed by atoms with van der Waals surface area (Å²) in [6.45, 7) is 2.30. The first-order chi connectivity index (χ1) is 12.6. The van der Waals surface area contributed by atoms with Crippen molar-refractivity contribution in [2.45, 2.75) is 18.5 Å². The van der Waals surface area contributed by atoms with Crippen molar-refractivity contribution in [1.82, 2.24) is 15.1 Å². The maximum Gasteiger partial charge on any atom is 0.329 e. The van der Waals surface area contributed by atoms with Gasteiger partial charge in [0, 0.05) is 19.6 Å². The van der Waals surface area contributed by atoms with Gasteiger partial charge in [0.15, 0.2) is 0 Å². The van der Waals surface area contributed by atoms with Crippen molar-refractivity contribution >= 4 is 23.7 Å². The van der Waals surface area contributed by atoms with Crippen molar-refractivity contribution in [2.24, 2.45) is 0 Å². The number of likely N-dealkylation sites (tertiary alicyclic amines) is 1. The van der Waals surface area contributed by atoms with Gasteiger partial charge in [0.25, 0.3) is 5.91 Å². The lowest BCUT2D eigenvalue weighted by Crippen LogP contribution is -2.66. The molecule has 0 spiro atoms. The van der Waals surface area contributed by atoms with Crippen LogP contribution in [0.2, 0.25) is 0 Å². The fraction of sp³-hybridized carbons (Fsp3) is 0.471. The van der Waals surface area contributed by atoms with Crippen molar-refractivity contribution in [3.8, 4) is 0 Å². The highest BCUT2D eigenvalue weighted by atomic mass is 19.1. The van der Waals surface area contributed by atoms with Crippen LogP contribution in [0.25, 0.3) is 0 Å². The van der Waals surface area contributed by atoms with Crippen LogP contribution in [0.15, 0.2) is 24.3 Å². The van der Waals surface area contributed by atoms with Crippen molar-refractivity contribution in [2.75, 3.05) is 37.7 Å². The molecule has 8 nitrogen and oxygen atoms in total. The zero-order valence-corrected chi connectivity index (χ0v) is 14.1. The highest BCUT2D eigenvalue weighted by Crippen LogP contribution is 2.28. The molecule has 9 heteroatoms. The molecule has 1 N–H and O–H groups in total. The third-order valence-corrected chi connectivity index (χ3v) is 5.00. The van der Waals surface area contributed by atoms with E-state index in [1.165, 1.54) is 29.2 Å². The van der Waals surface area contributed by atoms with Gasteiger partial charge < -0.3 is 19.9 Å². The normalized spacial score (nSPS) is 26.0. The number of nitrogens with zero attached hydrogens (tertiary/aromatic N) is 3. The predicted octanol–water partition coefficient (Wildman–Crippen LogP) is 0.777. The summed E-state index contributed by atoms with van der Waals surface area (Å²) in [5, 5.41) is 2.80. The average Bonchev–Trinajstić information content (AvgIpc) is 3.07. The van der Waals surface area contributed by atoms with E-state index >= 15 is 0 Å². The fourth-order valence-electron chi connectivity index (χ4n) is 3.69. The zero-order chi connectivity index (χ0) is 18.3. The SMILES string of the molecule is O=C1N[C@@H]2CCN(C(=O)N3CCOCC3)[C@@H]2C(=O)N1c1ccc(F)cc1. The molecule has 1 aromatic rings. The molecule has 0 saturated carbocycles. The second-order valence-electron chi connectivity index (χ2n) is 6.51. The highest BCUT2D eigenvalue weighted by Gasteiger charge is 2.50. The van der Waals surface area contributed by atoms with Gasteiger partial charge in [0.05, 0.1) is 24.9 Å². The number of morpholine rings is 1. The van der Waals surface area contributed by atoms with E-state index in [0.717, 1.165) is 4.90 Å². The Balaban J connectivity index is 1.58. The van der Waals surface area contributed by atoms with E-state index in [-0.39, 0.29) is 11.7 Å². The van der Waals surface area contributed by atoms with Crippen LogP contribution in [0.3, 0.4) is 0 Å². The minimum absolute atomic E-state index is 0.218. The van der Waals surface area contributed by atoms with Crippen LogP contribution in [-0.2, 0) is 9.53 Å². The third-order valence-electron chi connectivity index (χ3n) is 5.00. The number of rotatable bonds is 1. The fourth-order valence-corrected chi connectivity index (χ4v) is 3.69. The Kier molecular flexibility index (Phi) is 4.23. The summed E-state index contributed by atoms with van der Waals surface area (Å²) < 4.78 is 18.4. The summed E-state index contributed by atoms with van der Waals surface area (Å²) in [6.07, 6.45) is 0.523. The summed E-state index contributed by atoms with van der Waals surface area (Å²) in [4.78, 5) is 42.4. The van der Waals surface area contributed by atoms with E-state index in [4.69, 9.17) is 4.74 Å². The van der Waals surface area contributed by atoms with Gasteiger partial charge in [-0.15, -0.1) is 0 Å². The van der Waals surface area contributed by atoms with E-state index in [9.17, 15) is 18.8 Å². The van der Waals surface area contributed by atoms with Gasteiger partial charge in [-0.25, -0.2) is 18.9 Å². The molecule has 0 bridgehead atoms. The number of ether oxygens (including phenoxy) is 1. The summed E-state index contributed by atoms with van der Waals surface area (Å²) >= 11 is 0. The van der Waals surface area contributed by atoms with Gasteiger partial charge in [0.2, 0.25) is 0 Å². The van der Waals surface area contributed by atoms with E-state index in [1.807, 2.05) is 0 Å². The molecule has 0 unspecified atom stereocenters. The lowest BCUT2D eigenvalue weighted by atomic mass is 10.0. The molecule has 138 valence electrons. The molecule has 0 aromatic heterocycles. The number of amides is 5. The number of hydrogen-bond donors (Lipinski definition) is 1. The minimum Gasteiger partial charge on any atom is -0.378 e. The molecule has 3 aliphatic heterocycles. The third kappa shape index (κ3) is 2.78. The molecule has 3 fully saturated rings. The van der Waals surface area contributed by atoms with Crippen molar-refractivity contribution < 1.29 is 23.5 Å². The first kappa shape index (κ1) is 16.8. The Morgan fingerprint density at radius 1 is 1.12 bits per heavy atom. The Bertz CT molecular complexity index is 735. The Hall–Kier alpha value is -2.68. The lowest BCUT2D eigenvalue weighted by molar-refractivity contribution is -0.122. The number of imide groups is 1. The number of halogens is 1. The molecule has 2 atom stereocenters. The molecule has 0 radical (unpaired) electrons. The number of urea groups is 2. The molecule has 3 aliphatic rings. The van der Waals surface area contributed by atoms with E-state index in [2.05, 4.69) is 5.32 Å². The smallest absolute Gasteiger partial charge is 0.329 e. The molecule has 5 amide bonds. The lowest BCUT2D eigenvalue weighted by Gasteiger charge is -2.39. The van der Waals surface area contributed by atoms with Crippen molar-refractivity contribution in [3.63, 3.8) is 0 Å². The largest absolute Gasteiger partial charge is 0.378 e. The van der Waals surface area contributed by atoms with Gasteiger partial charge >= 0.3 is 12.1 Å². The Morgan fingerprint density at radius 2 is 1.81 bits per heavy atom. The Morgan fingerprint density at radius 3 is 2.50 bits per heavy atom. The minimum atomic E-state index is -0.756. The first-order valence-electron chi connectivity index (χ1n) is 8.59. The van der Waals surface area contributed by atoms with Crippen molar-refractivity contribution in [1.29, 1.82) is 0 Å². The molecular weight excluding hydrogens is 343 g/mol. The predicted molar refractivity (Wildman–Crippen MR) is 89.1 cm³/mol. The standard InChI is InChI=1S/C17H19FN4O4/c18-11-1-3-12(4-2-11)22-15(23)14-13(19-16(22)24)5-6-21(14)17(25)20-7-9-26-10-8-20/h1-4,13-14H,5-10H2,(H,19,24)/t13-,14+/m1/s1. The van der Waals surface area contributed by atoms with Crippen LogP contribution in [0.5, 0.6) is 0 Å². The quantitative estimate of drug-likeness (QED) is 0.800. The number of fused-ring (bicyclic) bond motifs is 1. The van der Waals surface area contributed by atoms with Crippen LogP contribution < -0.4 is 10.2 Å². The number of hydrogen-bond acceptors (Lipinski definition) is 4. The van der Waals surface area contributed by atoms with Crippen LogP contribution in [0.4, 0.5) is 19.7 Å². The molecular formula is C17H19FN4O4. The van der Waals surface area contributed by atoms with Crippen LogP contribution >= 0.6 is 0 Å². The number of nitrogens with one attached hydrogen (secondary N) is 1. The van der Waals surface area contributed by atoms with Crippen molar-refractivity contribution in [3.05, 3.63) is 30.1 Å². The number of benzene rings is 1. The van der Waals surface area contributed by atoms with Crippen LogP contribution in [-0.4, -0.2) is 72.7 Å². The summed E-state index contributed by atoms with van der Waals surface area (Å²) in [6, 6.07) is 3.19. The first-order valence-corrected chi connectivity index (χ1v) is 8.59. The van der Waals surface area contributed by atoms with Gasteiger partial charge in [-0.2, -0.15) is 0 Å². The summed E-state index contributed by atoms with van der Waals surface area (Å²) in [7, 11) is 0. The van der Waals surface area contributed by atoms with E-state index in [0.29, 0.717) is 39.3 Å². The molecule has 4 rings (SSSR count). The zero-order valence-electron chi connectivity index (χ0n) is 14.1. The van der Waals surface area contributed by atoms with Gasteiger partial charge in [0.1, 0.15) is 11.9 Å². The molecule has 3 saturated heterocycles. The van der Waals surface area contributed by atoms with Crippen LogP contribution in [0.1, 0.15) is 6.42 Å². The Labute approximate surface area is 149 Å². The monoisotopic (exact) mass is 362 g/mol. The molecule has 1 aromatic carbocycles. The summed E-state index contributed by atoms with van der Waals surface area (Å²) in [5.41, 5.74) is 0.276. The van der Waals surface area contributed by atoms with Gasteiger partial charge in [-0.1, -0.05) is 0 Å². The van der Waals surface area contributed by atoms with E-state index in [1.54, 1.807) is 4.90 Å².